The van der Waals surface area contributed by atoms with Crippen LogP contribution >= 0.6 is 0 Å². The van der Waals surface area contributed by atoms with Gasteiger partial charge in [0.05, 0.1) is 17.4 Å². The molecule has 7 heteroatoms. The van der Waals surface area contributed by atoms with E-state index in [1.165, 1.54) is 6.92 Å². The van der Waals surface area contributed by atoms with Crippen LogP contribution in [0.15, 0.2) is 29.1 Å². The minimum atomic E-state index is -0.231. The number of fused-ring (bicyclic) bond motifs is 1. The van der Waals surface area contributed by atoms with Gasteiger partial charge in [0.2, 0.25) is 0 Å². The van der Waals surface area contributed by atoms with Gasteiger partial charge in [-0.3, -0.25) is 14.4 Å². The summed E-state index contributed by atoms with van der Waals surface area (Å²) in [6, 6.07) is 6.97. The van der Waals surface area contributed by atoms with Gasteiger partial charge < -0.3 is 14.9 Å². The predicted octanol–water partition coefficient (Wildman–Crippen LogP) is 3.38. The second-order valence-electron chi connectivity index (χ2n) is 7.44. The largest absolute Gasteiger partial charge is 0.354 e. The van der Waals surface area contributed by atoms with Gasteiger partial charge in [0, 0.05) is 17.3 Å². The summed E-state index contributed by atoms with van der Waals surface area (Å²) >= 11 is 0. The predicted molar refractivity (Wildman–Crippen MR) is 112 cm³/mol. The Morgan fingerprint density at radius 2 is 1.86 bits per heavy atom. The zero-order valence-electron chi connectivity index (χ0n) is 17.4. The average Bonchev–Trinajstić information content (AvgIpc) is 3.02. The fourth-order valence-corrected chi connectivity index (χ4v) is 3.69. The Kier molecular flexibility index (Phi) is 5.68. The Labute approximate surface area is 169 Å². The van der Waals surface area contributed by atoms with Gasteiger partial charge >= 0.3 is 0 Å². The van der Waals surface area contributed by atoms with E-state index in [2.05, 4.69) is 15.0 Å². The van der Waals surface area contributed by atoms with Crippen LogP contribution in [0.3, 0.4) is 0 Å². The summed E-state index contributed by atoms with van der Waals surface area (Å²) in [5.74, 6) is 0.137. The van der Waals surface area contributed by atoms with E-state index < -0.39 is 0 Å². The third-order valence-corrected chi connectivity index (χ3v) is 5.08. The van der Waals surface area contributed by atoms with E-state index in [4.69, 9.17) is 0 Å². The number of amides is 1. The molecule has 2 aromatic heterocycles. The smallest absolute Gasteiger partial charge is 0.271 e. The van der Waals surface area contributed by atoms with Crippen molar-refractivity contribution in [2.24, 2.45) is 0 Å². The number of H-pyrrole nitrogens is 2. The van der Waals surface area contributed by atoms with E-state index in [0.717, 1.165) is 5.56 Å². The molecule has 2 heterocycles. The molecule has 0 aliphatic carbocycles. The van der Waals surface area contributed by atoms with Gasteiger partial charge in [-0.2, -0.15) is 0 Å². The number of benzene rings is 1. The average molecular weight is 394 g/mol. The van der Waals surface area contributed by atoms with E-state index in [0.29, 0.717) is 40.1 Å². The molecule has 0 atom stereocenters. The highest BCUT2D eigenvalue weighted by molar-refractivity contribution is 6.02. The highest BCUT2D eigenvalue weighted by Crippen LogP contribution is 2.23. The Morgan fingerprint density at radius 1 is 1.17 bits per heavy atom. The molecule has 0 radical (unpaired) electrons. The van der Waals surface area contributed by atoms with Gasteiger partial charge in [-0.1, -0.05) is 19.1 Å². The lowest BCUT2D eigenvalue weighted by molar-refractivity contribution is 0.0678. The molecule has 152 valence electrons. The standard InChI is InChI=1S/C22H26N4O3/c1-6-15-19(14(5)27)13(4)23-20(15)22(29)26(12(2)3)11-18-24-17-10-8-7-9-16(17)21(28)25-18/h7-10,12,23H,6,11H2,1-5H3,(H,24,25,28). The molecule has 3 rings (SSSR count). The molecule has 0 fully saturated rings. The first kappa shape index (κ1) is 20.5. The maximum atomic E-state index is 13.4. The minimum absolute atomic E-state index is 0.0636. The van der Waals surface area contributed by atoms with Gasteiger partial charge in [-0.25, -0.2) is 4.98 Å². The number of para-hydroxylation sites is 1. The number of carbonyl (C=O) groups is 2. The van der Waals surface area contributed by atoms with Gasteiger partial charge in [0.15, 0.2) is 5.78 Å². The summed E-state index contributed by atoms with van der Waals surface area (Å²) < 4.78 is 0. The van der Waals surface area contributed by atoms with Crippen molar-refractivity contribution in [3.05, 3.63) is 63.0 Å². The van der Waals surface area contributed by atoms with Crippen LogP contribution in [-0.2, 0) is 13.0 Å². The summed E-state index contributed by atoms with van der Waals surface area (Å²) in [5, 5.41) is 0.512. The molecule has 3 aromatic rings. The number of aromatic nitrogens is 3. The van der Waals surface area contributed by atoms with Gasteiger partial charge in [0.25, 0.3) is 11.5 Å². The number of carbonyl (C=O) groups excluding carboxylic acids is 2. The van der Waals surface area contributed by atoms with Crippen LogP contribution in [-0.4, -0.2) is 37.6 Å². The lowest BCUT2D eigenvalue weighted by Gasteiger charge is -2.26. The number of nitrogens with zero attached hydrogens (tertiary/aromatic N) is 2. The number of nitrogens with one attached hydrogen (secondary N) is 2. The van der Waals surface area contributed by atoms with Crippen molar-refractivity contribution >= 4 is 22.6 Å². The molecule has 7 nitrogen and oxygen atoms in total. The highest BCUT2D eigenvalue weighted by Gasteiger charge is 2.27. The first-order valence-corrected chi connectivity index (χ1v) is 9.75. The monoisotopic (exact) mass is 394 g/mol. The van der Waals surface area contributed by atoms with Gasteiger partial charge in [-0.05, 0) is 51.8 Å². The SMILES string of the molecule is CCc1c(C(=O)N(Cc2nc3ccccc3c(=O)[nH]2)C(C)C)[nH]c(C)c1C(C)=O. The van der Waals surface area contributed by atoms with Crippen molar-refractivity contribution in [2.45, 2.75) is 53.6 Å². The third kappa shape index (κ3) is 3.85. The Bertz CT molecular complexity index is 1140. The molecule has 0 saturated carbocycles. The van der Waals surface area contributed by atoms with E-state index in [-0.39, 0.29) is 29.8 Å². The fraction of sp³-hybridized carbons (Fsp3) is 0.364. The third-order valence-electron chi connectivity index (χ3n) is 5.08. The molecule has 0 unspecified atom stereocenters. The van der Waals surface area contributed by atoms with Crippen LogP contribution in [0.4, 0.5) is 0 Å². The molecule has 0 spiro atoms. The number of ketones is 1. The second-order valence-corrected chi connectivity index (χ2v) is 7.44. The molecule has 1 amide bonds. The van der Waals surface area contributed by atoms with Crippen LogP contribution in [0, 0.1) is 6.92 Å². The van der Waals surface area contributed by atoms with E-state index in [1.807, 2.05) is 26.8 Å². The topological polar surface area (TPSA) is 98.9 Å². The number of aromatic amines is 2. The van der Waals surface area contributed by atoms with Crippen LogP contribution in [0.2, 0.25) is 0 Å². The number of aryl methyl sites for hydroxylation is 1. The number of hydrogen-bond donors (Lipinski definition) is 2. The minimum Gasteiger partial charge on any atom is -0.354 e. The van der Waals surface area contributed by atoms with Crippen molar-refractivity contribution in [3.63, 3.8) is 0 Å². The zero-order valence-corrected chi connectivity index (χ0v) is 17.4. The van der Waals surface area contributed by atoms with Crippen LogP contribution in [0.25, 0.3) is 10.9 Å². The zero-order chi connectivity index (χ0) is 21.3. The maximum Gasteiger partial charge on any atom is 0.271 e. The summed E-state index contributed by atoms with van der Waals surface area (Å²) in [7, 11) is 0. The quantitative estimate of drug-likeness (QED) is 0.626. The lowest BCUT2D eigenvalue weighted by atomic mass is 10.0. The Hall–Kier alpha value is -3.22. The van der Waals surface area contributed by atoms with Crippen molar-refractivity contribution in [1.82, 2.24) is 19.9 Å². The molecule has 0 aliphatic rings. The Balaban J connectivity index is 2.01. The van der Waals surface area contributed by atoms with Gasteiger partial charge in [-0.15, -0.1) is 0 Å². The summed E-state index contributed by atoms with van der Waals surface area (Å²) in [5.41, 5.74) is 2.78. The summed E-state index contributed by atoms with van der Waals surface area (Å²) in [6.45, 7) is 9.21. The first-order chi connectivity index (χ1) is 13.7. The van der Waals surface area contributed by atoms with Crippen LogP contribution in [0.1, 0.15) is 65.6 Å². The second kappa shape index (κ2) is 8.03. The molecular weight excluding hydrogens is 368 g/mol. The molecule has 0 aliphatic heterocycles. The molecule has 0 bridgehead atoms. The van der Waals surface area contributed by atoms with Crippen molar-refractivity contribution in [1.29, 1.82) is 0 Å². The summed E-state index contributed by atoms with van der Waals surface area (Å²) in [4.78, 5) is 49.8. The molecule has 0 saturated heterocycles. The Morgan fingerprint density at radius 3 is 2.48 bits per heavy atom. The molecule has 2 N–H and O–H groups in total. The van der Waals surface area contributed by atoms with E-state index >= 15 is 0 Å². The van der Waals surface area contributed by atoms with Crippen molar-refractivity contribution < 1.29 is 9.59 Å². The molecule has 29 heavy (non-hydrogen) atoms. The number of hydrogen-bond acceptors (Lipinski definition) is 4. The van der Waals surface area contributed by atoms with Gasteiger partial charge in [0.1, 0.15) is 11.5 Å². The number of Topliss-reactive ketones (excluding diaryl/α,β-unsaturated/α-hetero) is 1. The first-order valence-electron chi connectivity index (χ1n) is 9.75. The van der Waals surface area contributed by atoms with Crippen molar-refractivity contribution in [3.8, 4) is 0 Å². The maximum absolute atomic E-state index is 13.4. The molecular formula is C22H26N4O3. The number of rotatable bonds is 6. The van der Waals surface area contributed by atoms with Crippen LogP contribution in [0.5, 0.6) is 0 Å². The highest BCUT2D eigenvalue weighted by atomic mass is 16.2. The van der Waals surface area contributed by atoms with E-state index in [1.54, 1.807) is 30.0 Å². The van der Waals surface area contributed by atoms with Crippen LogP contribution < -0.4 is 5.56 Å². The van der Waals surface area contributed by atoms with E-state index in [9.17, 15) is 14.4 Å². The normalized spacial score (nSPS) is 11.2. The molecule has 1 aromatic carbocycles. The lowest BCUT2D eigenvalue weighted by Crippen LogP contribution is -2.38. The summed E-state index contributed by atoms with van der Waals surface area (Å²) in [6.07, 6.45) is 0.567. The fourth-order valence-electron chi connectivity index (χ4n) is 3.69. The van der Waals surface area contributed by atoms with Crippen molar-refractivity contribution in [2.75, 3.05) is 0 Å².